The van der Waals surface area contributed by atoms with Crippen LogP contribution in [0, 0.1) is 3.57 Å². The second kappa shape index (κ2) is 6.17. The highest BCUT2D eigenvalue weighted by Crippen LogP contribution is 2.18. The fourth-order valence-electron chi connectivity index (χ4n) is 1.93. The average Bonchev–Trinajstić information content (AvgIpc) is 2.39. The Morgan fingerprint density at radius 3 is 2.24 bits per heavy atom. The monoisotopic (exact) mass is 337 g/mol. The van der Waals surface area contributed by atoms with Gasteiger partial charge in [-0.1, -0.05) is 42.5 Å². The van der Waals surface area contributed by atoms with Crippen LogP contribution in [0.2, 0.25) is 0 Å². The first-order valence-electron chi connectivity index (χ1n) is 5.76. The minimum absolute atomic E-state index is 0.385. The Balaban J connectivity index is 2.13. The van der Waals surface area contributed by atoms with E-state index in [1.165, 1.54) is 14.7 Å². The molecule has 88 valence electrons. The molecule has 0 radical (unpaired) electrons. The number of benzene rings is 2. The molecule has 2 aromatic carbocycles. The van der Waals surface area contributed by atoms with E-state index in [1.807, 2.05) is 7.05 Å². The van der Waals surface area contributed by atoms with Crippen LogP contribution < -0.4 is 5.32 Å². The van der Waals surface area contributed by atoms with Gasteiger partial charge in [0, 0.05) is 9.61 Å². The van der Waals surface area contributed by atoms with E-state index in [2.05, 4.69) is 82.5 Å². The van der Waals surface area contributed by atoms with Crippen molar-refractivity contribution in [1.29, 1.82) is 0 Å². The van der Waals surface area contributed by atoms with Gasteiger partial charge in [-0.05, 0) is 59.3 Å². The number of rotatable bonds is 4. The fraction of sp³-hybridized carbons (Fsp3) is 0.200. The van der Waals surface area contributed by atoms with Gasteiger partial charge in [0.1, 0.15) is 0 Å². The van der Waals surface area contributed by atoms with Crippen molar-refractivity contribution < 1.29 is 0 Å². The van der Waals surface area contributed by atoms with Crippen molar-refractivity contribution in [3.63, 3.8) is 0 Å². The van der Waals surface area contributed by atoms with Crippen molar-refractivity contribution in [3.05, 3.63) is 69.3 Å². The number of halogens is 1. The van der Waals surface area contributed by atoms with Gasteiger partial charge in [-0.25, -0.2) is 0 Å². The van der Waals surface area contributed by atoms with E-state index in [-0.39, 0.29) is 0 Å². The highest BCUT2D eigenvalue weighted by Gasteiger charge is 2.09. The number of hydrogen-bond donors (Lipinski definition) is 1. The molecule has 0 aliphatic rings. The summed E-state index contributed by atoms with van der Waals surface area (Å²) in [4.78, 5) is 0. The number of likely N-dealkylation sites (N-methyl/N-ethyl adjacent to an activating group) is 1. The van der Waals surface area contributed by atoms with Crippen LogP contribution >= 0.6 is 22.6 Å². The molecule has 0 heterocycles. The van der Waals surface area contributed by atoms with Gasteiger partial charge in [-0.15, -0.1) is 0 Å². The van der Waals surface area contributed by atoms with Crippen molar-refractivity contribution in [2.75, 3.05) is 7.05 Å². The predicted octanol–water partition coefficient (Wildman–Crippen LogP) is 3.79. The lowest BCUT2D eigenvalue weighted by molar-refractivity contribution is 0.592. The van der Waals surface area contributed by atoms with E-state index in [4.69, 9.17) is 0 Å². The van der Waals surface area contributed by atoms with E-state index < -0.39 is 0 Å². The molecule has 0 fully saturated rings. The molecule has 1 atom stereocenters. The van der Waals surface area contributed by atoms with Gasteiger partial charge in [0.15, 0.2) is 0 Å². The molecular formula is C15H16IN. The normalized spacial score (nSPS) is 12.4. The molecule has 0 saturated carbocycles. The van der Waals surface area contributed by atoms with Crippen molar-refractivity contribution in [1.82, 2.24) is 5.32 Å². The van der Waals surface area contributed by atoms with Gasteiger partial charge in [0.2, 0.25) is 0 Å². The largest absolute Gasteiger partial charge is 0.313 e. The summed E-state index contributed by atoms with van der Waals surface area (Å²) in [6, 6.07) is 19.7. The Morgan fingerprint density at radius 1 is 1.00 bits per heavy atom. The van der Waals surface area contributed by atoms with E-state index in [9.17, 15) is 0 Å². The van der Waals surface area contributed by atoms with E-state index in [0.717, 1.165) is 6.42 Å². The summed E-state index contributed by atoms with van der Waals surface area (Å²) in [6.07, 6.45) is 1.03. The highest BCUT2D eigenvalue weighted by atomic mass is 127. The van der Waals surface area contributed by atoms with E-state index >= 15 is 0 Å². The second-order valence-corrected chi connectivity index (χ2v) is 5.33. The minimum Gasteiger partial charge on any atom is -0.313 e. The van der Waals surface area contributed by atoms with E-state index in [0.29, 0.717) is 6.04 Å². The summed E-state index contributed by atoms with van der Waals surface area (Å²) >= 11 is 2.34. The molecule has 0 aliphatic heterocycles. The van der Waals surface area contributed by atoms with Gasteiger partial charge >= 0.3 is 0 Å². The summed E-state index contributed by atoms with van der Waals surface area (Å²) < 4.78 is 1.28. The molecule has 2 heteroatoms. The molecule has 0 amide bonds. The van der Waals surface area contributed by atoms with Crippen LogP contribution in [0.4, 0.5) is 0 Å². The maximum atomic E-state index is 3.38. The van der Waals surface area contributed by atoms with Crippen LogP contribution in [0.25, 0.3) is 0 Å². The van der Waals surface area contributed by atoms with Gasteiger partial charge in [-0.3, -0.25) is 0 Å². The summed E-state index contributed by atoms with van der Waals surface area (Å²) in [5.41, 5.74) is 2.71. The lowest BCUT2D eigenvalue weighted by atomic mass is 9.99. The zero-order valence-corrected chi connectivity index (χ0v) is 12.0. The lowest BCUT2D eigenvalue weighted by Crippen LogP contribution is -2.18. The molecule has 0 spiro atoms. The molecule has 1 unspecified atom stereocenters. The van der Waals surface area contributed by atoms with Crippen molar-refractivity contribution in [3.8, 4) is 0 Å². The van der Waals surface area contributed by atoms with Crippen molar-refractivity contribution in [2.45, 2.75) is 12.5 Å². The summed E-state index contributed by atoms with van der Waals surface area (Å²) in [6.45, 7) is 0. The molecule has 0 bridgehead atoms. The average molecular weight is 337 g/mol. The van der Waals surface area contributed by atoms with Gasteiger partial charge in [-0.2, -0.15) is 0 Å². The first-order valence-corrected chi connectivity index (χ1v) is 6.84. The second-order valence-electron chi connectivity index (χ2n) is 4.08. The first kappa shape index (κ1) is 12.6. The number of hydrogen-bond acceptors (Lipinski definition) is 1. The van der Waals surface area contributed by atoms with Crippen molar-refractivity contribution in [2.24, 2.45) is 0 Å². The van der Waals surface area contributed by atoms with Crippen LogP contribution in [0.5, 0.6) is 0 Å². The topological polar surface area (TPSA) is 12.0 Å². The fourth-order valence-corrected chi connectivity index (χ4v) is 2.29. The first-order chi connectivity index (χ1) is 8.29. The molecule has 1 nitrogen and oxygen atoms in total. The molecule has 2 aromatic rings. The third kappa shape index (κ3) is 3.54. The standard InChI is InChI=1S/C15H16IN/c1-17-15(13-5-3-2-4-6-13)11-12-7-9-14(16)10-8-12/h2-10,15,17H,11H2,1H3. The summed E-state index contributed by atoms with van der Waals surface area (Å²) in [7, 11) is 2.02. The Bertz CT molecular complexity index is 450. The van der Waals surface area contributed by atoms with Crippen LogP contribution in [0.3, 0.4) is 0 Å². The maximum Gasteiger partial charge on any atom is 0.0358 e. The summed E-state index contributed by atoms with van der Waals surface area (Å²) in [5.74, 6) is 0. The molecule has 0 aliphatic carbocycles. The third-order valence-corrected chi connectivity index (χ3v) is 3.62. The molecule has 0 aromatic heterocycles. The zero-order valence-electron chi connectivity index (χ0n) is 9.86. The quantitative estimate of drug-likeness (QED) is 0.837. The minimum atomic E-state index is 0.385. The Morgan fingerprint density at radius 2 is 1.65 bits per heavy atom. The Labute approximate surface area is 116 Å². The van der Waals surface area contributed by atoms with Crippen LogP contribution in [-0.4, -0.2) is 7.05 Å². The SMILES string of the molecule is CNC(Cc1ccc(I)cc1)c1ccccc1. The van der Waals surface area contributed by atoms with Crippen molar-refractivity contribution >= 4 is 22.6 Å². The van der Waals surface area contributed by atoms with Gasteiger partial charge < -0.3 is 5.32 Å². The zero-order chi connectivity index (χ0) is 12.1. The van der Waals surface area contributed by atoms with Crippen LogP contribution in [0.1, 0.15) is 17.2 Å². The highest BCUT2D eigenvalue weighted by molar-refractivity contribution is 14.1. The molecule has 0 saturated heterocycles. The molecule has 17 heavy (non-hydrogen) atoms. The van der Waals surface area contributed by atoms with Crippen LogP contribution in [0.15, 0.2) is 54.6 Å². The van der Waals surface area contributed by atoms with Gasteiger partial charge in [0.25, 0.3) is 0 Å². The Kier molecular flexibility index (Phi) is 4.57. The summed E-state index contributed by atoms with van der Waals surface area (Å²) in [5, 5.41) is 3.38. The van der Waals surface area contributed by atoms with Gasteiger partial charge in [0.05, 0.1) is 0 Å². The Hall–Kier alpha value is -0.870. The molecule has 2 rings (SSSR count). The smallest absolute Gasteiger partial charge is 0.0358 e. The van der Waals surface area contributed by atoms with Crippen LogP contribution in [-0.2, 0) is 6.42 Å². The third-order valence-electron chi connectivity index (χ3n) is 2.90. The molecular weight excluding hydrogens is 321 g/mol. The predicted molar refractivity (Wildman–Crippen MR) is 81.1 cm³/mol. The molecule has 1 N–H and O–H groups in total. The lowest BCUT2D eigenvalue weighted by Gasteiger charge is -2.16. The number of nitrogens with one attached hydrogen (secondary N) is 1. The maximum absolute atomic E-state index is 3.38. The van der Waals surface area contributed by atoms with E-state index in [1.54, 1.807) is 0 Å².